The summed E-state index contributed by atoms with van der Waals surface area (Å²) in [5.41, 5.74) is 17.7. The fourth-order valence-corrected chi connectivity index (χ4v) is 10.7. The molecule has 0 bridgehead atoms. The molecule has 11 aromatic carbocycles. The lowest BCUT2D eigenvalue weighted by atomic mass is 9.97. The monoisotopic (exact) mass is 867 g/mol. The molecule has 318 valence electrons. The first-order valence-corrected chi connectivity index (χ1v) is 23.2. The van der Waals surface area contributed by atoms with Crippen LogP contribution in [0.25, 0.3) is 110 Å². The fraction of sp³-hybridized carbons (Fsp3) is 0. The van der Waals surface area contributed by atoms with Gasteiger partial charge in [-0.1, -0.05) is 170 Å². The number of anilines is 3. The van der Waals surface area contributed by atoms with Crippen molar-refractivity contribution < 1.29 is 4.42 Å². The Balaban J connectivity index is 0.872. The van der Waals surface area contributed by atoms with E-state index < -0.39 is 0 Å². The first-order valence-electron chi connectivity index (χ1n) is 23.2. The van der Waals surface area contributed by atoms with E-state index in [0.29, 0.717) is 0 Å². The number of fused-ring (bicyclic) bond motifs is 11. The zero-order valence-corrected chi connectivity index (χ0v) is 36.9. The number of rotatable bonds is 7. The summed E-state index contributed by atoms with van der Waals surface area (Å²) in [7, 11) is 0. The van der Waals surface area contributed by atoms with Crippen LogP contribution in [-0.4, -0.2) is 8.97 Å². The van der Waals surface area contributed by atoms with Crippen LogP contribution in [-0.2, 0) is 0 Å². The molecule has 0 aliphatic rings. The number of nitrogens with zero attached hydrogens (tertiary/aromatic N) is 3. The Kier molecular flexibility index (Phi) is 8.55. The van der Waals surface area contributed by atoms with Crippen molar-refractivity contribution in [2.75, 3.05) is 4.90 Å². The molecule has 0 unspecified atom stereocenters. The summed E-state index contributed by atoms with van der Waals surface area (Å²) in [6.07, 6.45) is 0. The molecule has 0 N–H and O–H groups in total. The highest BCUT2D eigenvalue weighted by atomic mass is 16.3. The van der Waals surface area contributed by atoms with Crippen molar-refractivity contribution in [3.05, 3.63) is 249 Å². The van der Waals surface area contributed by atoms with E-state index in [1.165, 1.54) is 59.9 Å². The van der Waals surface area contributed by atoms with Crippen molar-refractivity contribution in [1.29, 1.82) is 0 Å². The van der Waals surface area contributed by atoms with Crippen molar-refractivity contribution in [2.45, 2.75) is 0 Å². The van der Waals surface area contributed by atoms with Crippen LogP contribution >= 0.6 is 0 Å². The van der Waals surface area contributed by atoms with Gasteiger partial charge in [-0.15, -0.1) is 0 Å². The van der Waals surface area contributed by atoms with Gasteiger partial charge in [0.25, 0.3) is 0 Å². The molecular formula is C64H41N3O. The van der Waals surface area contributed by atoms with Crippen molar-refractivity contribution in [2.24, 2.45) is 0 Å². The van der Waals surface area contributed by atoms with E-state index in [9.17, 15) is 0 Å². The summed E-state index contributed by atoms with van der Waals surface area (Å²) >= 11 is 0. The summed E-state index contributed by atoms with van der Waals surface area (Å²) in [6.45, 7) is 0. The molecule has 14 rings (SSSR count). The summed E-state index contributed by atoms with van der Waals surface area (Å²) in [6, 6.07) is 90.0. The Morgan fingerprint density at radius 1 is 0.309 bits per heavy atom. The second-order valence-corrected chi connectivity index (χ2v) is 17.7. The highest BCUT2D eigenvalue weighted by Gasteiger charge is 2.21. The van der Waals surface area contributed by atoms with Crippen LogP contribution in [0.5, 0.6) is 0 Å². The molecule has 0 amide bonds. The quantitative estimate of drug-likeness (QED) is 0.149. The molecular weight excluding hydrogens is 827 g/mol. The van der Waals surface area contributed by atoms with Gasteiger partial charge >= 0.3 is 0 Å². The molecule has 14 aromatic rings. The molecule has 0 saturated heterocycles. The van der Waals surface area contributed by atoms with Gasteiger partial charge < -0.3 is 13.9 Å². The van der Waals surface area contributed by atoms with Gasteiger partial charge in [0.15, 0.2) is 5.58 Å². The van der Waals surface area contributed by atoms with E-state index in [-0.39, 0.29) is 0 Å². The third kappa shape index (κ3) is 6.01. The van der Waals surface area contributed by atoms with Gasteiger partial charge in [-0.2, -0.15) is 0 Å². The van der Waals surface area contributed by atoms with E-state index in [4.69, 9.17) is 4.42 Å². The van der Waals surface area contributed by atoms with E-state index in [1.54, 1.807) is 0 Å². The smallest absolute Gasteiger partial charge is 0.213 e. The molecule has 3 heterocycles. The summed E-state index contributed by atoms with van der Waals surface area (Å²) in [5.74, 6) is 0. The van der Waals surface area contributed by atoms with Gasteiger partial charge in [-0.05, 0) is 128 Å². The minimum absolute atomic E-state index is 0.868. The molecule has 0 aliphatic heterocycles. The number of hydrogen-bond donors (Lipinski definition) is 0. The molecule has 68 heavy (non-hydrogen) atoms. The topological polar surface area (TPSA) is 25.7 Å². The minimum Gasteiger partial charge on any atom is -0.438 e. The molecule has 0 fully saturated rings. The van der Waals surface area contributed by atoms with Gasteiger partial charge in [0.1, 0.15) is 0 Å². The average molecular weight is 868 g/mol. The van der Waals surface area contributed by atoms with E-state index in [1.807, 2.05) is 0 Å². The SMILES string of the molecule is c1ccc(-c2ccc(N(c3cccc(-n4c5ccccc5c5ccccc54)c3)c3ccc4c(ccc5cc(-c6ccc7oc8c(-c9ccccc9)c9ccccc9n8c7c6)ccc54)c3)cc2)cc1. The standard InChI is InChI=1S/C64H41N3O/c1-3-14-42(15-4-1)43-28-32-49(33-29-43)65(50-18-13-19-51(41-50)66-58-23-10-7-20-55(58)56-21-8-11-24-59(56)66)52-34-36-54-48(39-52)27-26-47-38-45(30-35-53(47)54)46-31-37-62-61(40-46)67-60-25-12-9-22-57(60)63(64(67)68-62)44-16-5-2-6-17-44/h1-41H. The lowest BCUT2D eigenvalue weighted by molar-refractivity contribution is 0.658. The average Bonchev–Trinajstić information content (AvgIpc) is 4.06. The van der Waals surface area contributed by atoms with Gasteiger partial charge in [-0.3, -0.25) is 4.40 Å². The highest BCUT2D eigenvalue weighted by molar-refractivity contribution is 6.11. The van der Waals surface area contributed by atoms with Gasteiger partial charge in [0.05, 0.1) is 27.6 Å². The van der Waals surface area contributed by atoms with E-state index in [0.717, 1.165) is 67.3 Å². The van der Waals surface area contributed by atoms with Gasteiger partial charge in [0, 0.05) is 38.9 Å². The Morgan fingerprint density at radius 3 is 1.59 bits per heavy atom. The van der Waals surface area contributed by atoms with E-state index >= 15 is 0 Å². The highest BCUT2D eigenvalue weighted by Crippen LogP contribution is 2.43. The van der Waals surface area contributed by atoms with Crippen LogP contribution < -0.4 is 4.90 Å². The summed E-state index contributed by atoms with van der Waals surface area (Å²) in [5, 5.41) is 8.51. The predicted octanol–water partition coefficient (Wildman–Crippen LogP) is 17.7. The molecule has 0 radical (unpaired) electrons. The molecule has 4 nitrogen and oxygen atoms in total. The van der Waals surface area contributed by atoms with Crippen molar-refractivity contribution >= 4 is 88.1 Å². The first-order chi connectivity index (χ1) is 33.7. The van der Waals surface area contributed by atoms with Gasteiger partial charge in [-0.25, -0.2) is 0 Å². The third-order valence-electron chi connectivity index (χ3n) is 13.9. The van der Waals surface area contributed by atoms with Crippen molar-refractivity contribution in [3.8, 4) is 39.1 Å². The summed E-state index contributed by atoms with van der Waals surface area (Å²) in [4.78, 5) is 2.39. The Labute approximate surface area is 392 Å². The largest absolute Gasteiger partial charge is 0.438 e. The van der Waals surface area contributed by atoms with Crippen LogP contribution in [0.3, 0.4) is 0 Å². The van der Waals surface area contributed by atoms with E-state index in [2.05, 4.69) is 263 Å². The minimum atomic E-state index is 0.868. The molecule has 0 saturated carbocycles. The molecule has 4 heteroatoms. The Morgan fingerprint density at radius 2 is 0.853 bits per heavy atom. The second-order valence-electron chi connectivity index (χ2n) is 17.7. The molecule has 0 atom stereocenters. The molecule has 0 spiro atoms. The Hall–Kier alpha value is -9.12. The van der Waals surface area contributed by atoms with Crippen molar-refractivity contribution in [1.82, 2.24) is 8.97 Å². The van der Waals surface area contributed by atoms with Crippen LogP contribution in [0.2, 0.25) is 0 Å². The zero-order chi connectivity index (χ0) is 44.7. The number of para-hydroxylation sites is 3. The van der Waals surface area contributed by atoms with Crippen LogP contribution in [0.4, 0.5) is 17.1 Å². The lowest BCUT2D eigenvalue weighted by Crippen LogP contribution is -2.10. The fourth-order valence-electron chi connectivity index (χ4n) is 10.7. The maximum Gasteiger partial charge on any atom is 0.213 e. The number of benzene rings is 11. The van der Waals surface area contributed by atoms with Crippen LogP contribution in [0.15, 0.2) is 253 Å². The molecule has 0 aliphatic carbocycles. The van der Waals surface area contributed by atoms with Gasteiger partial charge in [0.2, 0.25) is 5.71 Å². The first kappa shape index (κ1) is 38.2. The Bertz CT molecular complexity index is 4200. The van der Waals surface area contributed by atoms with Crippen LogP contribution in [0, 0.1) is 0 Å². The maximum atomic E-state index is 6.65. The lowest BCUT2D eigenvalue weighted by Gasteiger charge is -2.27. The van der Waals surface area contributed by atoms with Crippen molar-refractivity contribution in [3.63, 3.8) is 0 Å². The maximum absolute atomic E-state index is 6.65. The third-order valence-corrected chi connectivity index (χ3v) is 13.9. The van der Waals surface area contributed by atoms with Crippen LogP contribution in [0.1, 0.15) is 0 Å². The zero-order valence-electron chi connectivity index (χ0n) is 36.9. The normalized spacial score (nSPS) is 11.8. The number of oxazole rings is 1. The predicted molar refractivity (Wildman–Crippen MR) is 285 cm³/mol. The second kappa shape index (κ2) is 15.2. The molecule has 3 aromatic heterocycles. The number of hydrogen-bond acceptors (Lipinski definition) is 2. The number of aromatic nitrogens is 2. The summed E-state index contributed by atoms with van der Waals surface area (Å²) < 4.78 is 11.3.